The fourth-order valence-electron chi connectivity index (χ4n) is 0.959. The lowest BCUT2D eigenvalue weighted by molar-refractivity contribution is 0.0298. The summed E-state index contributed by atoms with van der Waals surface area (Å²) in [5.41, 5.74) is 4.81. The van der Waals surface area contributed by atoms with Gasteiger partial charge in [0, 0.05) is 20.1 Å². The Morgan fingerprint density at radius 1 is 1.50 bits per heavy atom. The van der Waals surface area contributed by atoms with Gasteiger partial charge in [-0.05, 0) is 39.4 Å². The van der Waals surface area contributed by atoms with E-state index < -0.39 is 5.60 Å². The van der Waals surface area contributed by atoms with Crippen molar-refractivity contribution in [2.45, 2.75) is 32.8 Å². The molecule has 0 saturated carbocycles. The van der Waals surface area contributed by atoms with E-state index in [-0.39, 0.29) is 11.2 Å². The summed E-state index contributed by atoms with van der Waals surface area (Å²) in [6.45, 7) is 6.78. The number of nitrogens with two attached hydrogens (primary N) is 1. The van der Waals surface area contributed by atoms with Crippen molar-refractivity contribution in [3.8, 4) is 0 Å². The summed E-state index contributed by atoms with van der Waals surface area (Å²) in [5.74, 6) is 0. The highest BCUT2D eigenvalue weighted by Crippen LogP contribution is 2.08. The molecule has 16 heavy (non-hydrogen) atoms. The van der Waals surface area contributed by atoms with Crippen LogP contribution in [0.1, 0.15) is 27.2 Å². The van der Waals surface area contributed by atoms with Gasteiger partial charge in [-0.25, -0.2) is 4.79 Å². The Hall–Kier alpha value is -1.04. The van der Waals surface area contributed by atoms with E-state index in [1.807, 2.05) is 20.8 Å². The smallest absolute Gasteiger partial charge is 0.410 e. The van der Waals surface area contributed by atoms with Crippen molar-refractivity contribution in [2.75, 3.05) is 20.1 Å². The number of nitrogens with zero attached hydrogens (tertiary/aromatic N) is 1. The number of ether oxygens (including phenoxy) is 1. The maximum atomic E-state index is 11.5. The van der Waals surface area contributed by atoms with Crippen LogP contribution in [0.3, 0.4) is 0 Å². The lowest BCUT2D eigenvalue weighted by Gasteiger charge is -2.24. The van der Waals surface area contributed by atoms with E-state index in [2.05, 4.69) is 17.5 Å². The van der Waals surface area contributed by atoms with Gasteiger partial charge in [-0.3, -0.25) is 0 Å². The number of thiocarbonyl (C=S) groups is 1. The molecule has 3 N–H and O–H groups in total. The molecule has 0 aliphatic heterocycles. The van der Waals surface area contributed by atoms with Gasteiger partial charge in [0.05, 0.1) is 0 Å². The molecule has 5 nitrogen and oxygen atoms in total. The molecule has 0 fully saturated rings. The normalized spacial score (nSPS) is 10.8. The van der Waals surface area contributed by atoms with Crippen molar-refractivity contribution in [3.63, 3.8) is 0 Å². The van der Waals surface area contributed by atoms with E-state index in [4.69, 9.17) is 10.5 Å². The standard InChI is InChI=1S/C10H21N3O2S/c1-10(2,3)15-9(14)13(4)7-5-6-12-8(11)16/h5-7H2,1-4H3,(H3,11,12,16). The highest BCUT2D eigenvalue weighted by Gasteiger charge is 2.18. The van der Waals surface area contributed by atoms with Gasteiger partial charge >= 0.3 is 6.09 Å². The number of hydrogen-bond donors (Lipinski definition) is 2. The van der Waals surface area contributed by atoms with Crippen LogP contribution >= 0.6 is 12.2 Å². The van der Waals surface area contributed by atoms with Gasteiger partial charge in [0.1, 0.15) is 5.60 Å². The molecule has 0 saturated heterocycles. The van der Waals surface area contributed by atoms with Crippen LogP contribution in [-0.2, 0) is 4.74 Å². The van der Waals surface area contributed by atoms with Gasteiger partial charge in [-0.2, -0.15) is 0 Å². The zero-order valence-electron chi connectivity index (χ0n) is 10.4. The van der Waals surface area contributed by atoms with Crippen LogP contribution in [0.25, 0.3) is 0 Å². The number of carbonyl (C=O) groups is 1. The van der Waals surface area contributed by atoms with E-state index in [9.17, 15) is 4.79 Å². The molecule has 0 aromatic heterocycles. The van der Waals surface area contributed by atoms with Gasteiger partial charge in [0.15, 0.2) is 5.11 Å². The molecular weight excluding hydrogens is 226 g/mol. The fourth-order valence-corrected chi connectivity index (χ4v) is 1.06. The van der Waals surface area contributed by atoms with Gasteiger partial charge in [-0.1, -0.05) is 0 Å². The van der Waals surface area contributed by atoms with Crippen molar-refractivity contribution in [3.05, 3.63) is 0 Å². The molecule has 1 amide bonds. The minimum Gasteiger partial charge on any atom is -0.444 e. The summed E-state index contributed by atoms with van der Waals surface area (Å²) >= 11 is 4.66. The predicted molar refractivity (Wildman–Crippen MR) is 68.3 cm³/mol. The zero-order valence-corrected chi connectivity index (χ0v) is 11.2. The molecule has 0 spiro atoms. The Morgan fingerprint density at radius 3 is 2.50 bits per heavy atom. The number of amides is 1. The molecule has 0 aromatic carbocycles. The molecule has 0 rings (SSSR count). The summed E-state index contributed by atoms with van der Waals surface area (Å²) in [4.78, 5) is 13.1. The highest BCUT2D eigenvalue weighted by atomic mass is 32.1. The van der Waals surface area contributed by atoms with Gasteiger partial charge < -0.3 is 20.7 Å². The predicted octanol–water partition coefficient (Wildman–Crippen LogP) is 1.08. The van der Waals surface area contributed by atoms with Crippen molar-refractivity contribution in [2.24, 2.45) is 5.73 Å². The molecule has 0 bridgehead atoms. The van der Waals surface area contributed by atoms with Crippen LogP contribution in [0.4, 0.5) is 4.79 Å². The Morgan fingerprint density at radius 2 is 2.06 bits per heavy atom. The fraction of sp³-hybridized carbons (Fsp3) is 0.800. The first kappa shape index (κ1) is 15.0. The molecule has 94 valence electrons. The van der Waals surface area contributed by atoms with Gasteiger partial charge in [-0.15, -0.1) is 0 Å². The Labute approximate surface area is 102 Å². The molecule has 0 aromatic rings. The summed E-state index contributed by atoms with van der Waals surface area (Å²) in [7, 11) is 1.70. The Kier molecular flexibility index (Phi) is 6.10. The number of hydrogen-bond acceptors (Lipinski definition) is 3. The maximum Gasteiger partial charge on any atom is 0.410 e. The SMILES string of the molecule is CN(CCCNC(N)=S)C(=O)OC(C)(C)C. The first-order valence-corrected chi connectivity index (χ1v) is 5.60. The zero-order chi connectivity index (χ0) is 12.8. The van der Waals surface area contributed by atoms with E-state index in [0.717, 1.165) is 6.42 Å². The molecule has 0 heterocycles. The second-order valence-electron chi connectivity index (χ2n) is 4.55. The van der Waals surface area contributed by atoms with Crippen molar-refractivity contribution in [1.82, 2.24) is 10.2 Å². The molecule has 0 unspecified atom stereocenters. The van der Waals surface area contributed by atoms with Crippen LogP contribution in [0.15, 0.2) is 0 Å². The summed E-state index contributed by atoms with van der Waals surface area (Å²) < 4.78 is 5.19. The average molecular weight is 247 g/mol. The molecular formula is C10H21N3O2S. The maximum absolute atomic E-state index is 11.5. The van der Waals surface area contributed by atoms with E-state index in [1.165, 1.54) is 4.90 Å². The molecule has 0 aliphatic rings. The van der Waals surface area contributed by atoms with Crippen molar-refractivity contribution >= 4 is 23.4 Å². The average Bonchev–Trinajstić information content (AvgIpc) is 2.08. The molecule has 6 heteroatoms. The van der Waals surface area contributed by atoms with Gasteiger partial charge in [0.25, 0.3) is 0 Å². The summed E-state index contributed by atoms with van der Waals surface area (Å²) in [5, 5.41) is 3.10. The Bertz CT molecular complexity index is 251. The van der Waals surface area contributed by atoms with Crippen LogP contribution in [0.2, 0.25) is 0 Å². The first-order chi connectivity index (χ1) is 7.22. The second-order valence-corrected chi connectivity index (χ2v) is 4.99. The monoisotopic (exact) mass is 247 g/mol. The summed E-state index contributed by atoms with van der Waals surface area (Å²) in [6, 6.07) is 0. The second kappa shape index (κ2) is 6.52. The Balaban J connectivity index is 3.76. The third-order valence-corrected chi connectivity index (χ3v) is 1.82. The number of rotatable bonds is 4. The minimum atomic E-state index is -0.456. The van der Waals surface area contributed by atoms with Crippen LogP contribution in [0, 0.1) is 0 Å². The van der Waals surface area contributed by atoms with Crippen molar-refractivity contribution < 1.29 is 9.53 Å². The van der Waals surface area contributed by atoms with Crippen LogP contribution < -0.4 is 11.1 Å². The minimum absolute atomic E-state index is 0.278. The number of nitrogens with one attached hydrogen (secondary N) is 1. The largest absolute Gasteiger partial charge is 0.444 e. The third-order valence-electron chi connectivity index (χ3n) is 1.67. The van der Waals surface area contributed by atoms with E-state index >= 15 is 0 Å². The quantitative estimate of drug-likeness (QED) is 0.575. The van der Waals surface area contributed by atoms with Gasteiger partial charge in [0.2, 0.25) is 0 Å². The van der Waals surface area contributed by atoms with E-state index in [0.29, 0.717) is 13.1 Å². The third kappa shape index (κ3) is 8.28. The first-order valence-electron chi connectivity index (χ1n) is 5.20. The lowest BCUT2D eigenvalue weighted by atomic mass is 10.2. The summed E-state index contributed by atoms with van der Waals surface area (Å²) in [6.07, 6.45) is 0.454. The molecule has 0 aliphatic carbocycles. The van der Waals surface area contributed by atoms with Crippen molar-refractivity contribution in [1.29, 1.82) is 0 Å². The molecule has 0 atom stereocenters. The highest BCUT2D eigenvalue weighted by molar-refractivity contribution is 7.80. The lowest BCUT2D eigenvalue weighted by Crippen LogP contribution is -2.36. The van der Waals surface area contributed by atoms with E-state index in [1.54, 1.807) is 7.05 Å². The number of carbonyl (C=O) groups excluding carboxylic acids is 1. The van der Waals surface area contributed by atoms with Crippen LogP contribution in [0.5, 0.6) is 0 Å². The molecule has 0 radical (unpaired) electrons. The van der Waals surface area contributed by atoms with Crippen LogP contribution in [-0.4, -0.2) is 41.8 Å². The topological polar surface area (TPSA) is 67.6 Å².